The van der Waals surface area contributed by atoms with Gasteiger partial charge in [-0.3, -0.25) is 4.79 Å². The summed E-state index contributed by atoms with van der Waals surface area (Å²) in [4.78, 5) is 39.9. The Hall–Kier alpha value is -4.43. The molecule has 3 atom stereocenters. The molecule has 0 radical (unpaired) electrons. The largest absolute Gasteiger partial charge is 0.497 e. The first kappa shape index (κ1) is 33.5. The second kappa shape index (κ2) is 14.1. The van der Waals surface area contributed by atoms with Crippen molar-refractivity contribution in [2.45, 2.75) is 72.5 Å². The van der Waals surface area contributed by atoms with Crippen LogP contribution in [0, 0.1) is 18.3 Å². The van der Waals surface area contributed by atoms with E-state index in [1.807, 2.05) is 107 Å². The van der Waals surface area contributed by atoms with E-state index in [0.717, 1.165) is 33.6 Å². The molecule has 8 nitrogen and oxygen atoms in total. The number of allylic oxidation sites excluding steroid dienone is 1. The molecule has 0 spiro atoms. The molecule has 1 heterocycles. The van der Waals surface area contributed by atoms with Gasteiger partial charge in [0.1, 0.15) is 18.4 Å². The van der Waals surface area contributed by atoms with Gasteiger partial charge in [-0.05, 0) is 58.7 Å². The summed E-state index contributed by atoms with van der Waals surface area (Å²) >= 11 is 0. The van der Waals surface area contributed by atoms with E-state index in [9.17, 15) is 14.4 Å². The number of carbonyl (C=O) groups is 3. The summed E-state index contributed by atoms with van der Waals surface area (Å²) in [5.41, 5.74) is 4.32. The molecule has 3 aromatic rings. The summed E-state index contributed by atoms with van der Waals surface area (Å²) in [6.45, 7) is 10.9. The summed E-state index contributed by atoms with van der Waals surface area (Å²) in [6, 6.07) is 22.4. The van der Waals surface area contributed by atoms with E-state index < -0.39 is 47.1 Å². The van der Waals surface area contributed by atoms with Crippen molar-refractivity contribution in [2.24, 2.45) is 11.3 Å². The Morgan fingerprint density at radius 3 is 2.38 bits per heavy atom. The fourth-order valence-electron chi connectivity index (χ4n) is 5.24. The molecule has 1 aliphatic heterocycles. The van der Waals surface area contributed by atoms with Crippen molar-refractivity contribution >= 4 is 23.9 Å². The average Bonchev–Trinajstić information content (AvgIpc) is 3.27. The van der Waals surface area contributed by atoms with Gasteiger partial charge in [-0.25, -0.2) is 9.59 Å². The van der Waals surface area contributed by atoms with Gasteiger partial charge in [-0.15, -0.1) is 0 Å². The fourth-order valence-corrected chi connectivity index (χ4v) is 5.24. The van der Waals surface area contributed by atoms with Crippen LogP contribution in [0.15, 0.2) is 78.9 Å². The Morgan fingerprint density at radius 2 is 1.76 bits per heavy atom. The molecular formula is C37H43NO7. The number of hydrogen-bond acceptors (Lipinski definition) is 7. The number of amides is 1. The molecule has 238 valence electrons. The van der Waals surface area contributed by atoms with Crippen LogP contribution in [0.5, 0.6) is 5.75 Å². The minimum absolute atomic E-state index is 0.0799. The fraction of sp³-hybridized carbons (Fsp3) is 0.378. The third kappa shape index (κ3) is 8.82. The highest BCUT2D eigenvalue weighted by molar-refractivity contribution is 5.91. The van der Waals surface area contributed by atoms with Crippen LogP contribution >= 0.6 is 0 Å². The van der Waals surface area contributed by atoms with E-state index in [1.54, 1.807) is 21.0 Å². The minimum atomic E-state index is -1.17. The molecule has 1 N–H and O–H groups in total. The van der Waals surface area contributed by atoms with Crippen molar-refractivity contribution in [1.29, 1.82) is 0 Å². The molecule has 3 aromatic carbocycles. The van der Waals surface area contributed by atoms with E-state index in [1.165, 1.54) is 0 Å². The van der Waals surface area contributed by atoms with Gasteiger partial charge in [0.2, 0.25) is 11.7 Å². The first-order valence-electron chi connectivity index (χ1n) is 15.1. The van der Waals surface area contributed by atoms with Crippen LogP contribution in [0.4, 0.5) is 0 Å². The van der Waals surface area contributed by atoms with Crippen LogP contribution in [0.1, 0.15) is 57.7 Å². The summed E-state index contributed by atoms with van der Waals surface area (Å²) in [6.07, 6.45) is 2.78. The van der Waals surface area contributed by atoms with Crippen molar-refractivity contribution in [3.8, 4) is 16.9 Å². The lowest BCUT2D eigenvalue weighted by Gasteiger charge is -2.31. The summed E-state index contributed by atoms with van der Waals surface area (Å²) in [7, 11) is 1.64. The van der Waals surface area contributed by atoms with Crippen LogP contribution in [0.3, 0.4) is 0 Å². The van der Waals surface area contributed by atoms with E-state index in [2.05, 4.69) is 11.4 Å². The van der Waals surface area contributed by atoms with Gasteiger partial charge in [0.25, 0.3) is 0 Å². The normalized spacial score (nSPS) is 17.4. The lowest BCUT2D eigenvalue weighted by Crippen LogP contribution is -2.53. The van der Waals surface area contributed by atoms with Crippen LogP contribution in [0.2, 0.25) is 0 Å². The summed E-state index contributed by atoms with van der Waals surface area (Å²) in [5.74, 6) is -3.01. The number of carbonyl (C=O) groups excluding carboxylic acids is 3. The van der Waals surface area contributed by atoms with Gasteiger partial charge in [0.05, 0.1) is 13.0 Å². The van der Waals surface area contributed by atoms with Crippen molar-refractivity contribution in [3.05, 3.63) is 95.6 Å². The topological polar surface area (TPSA) is 100 Å². The molecule has 45 heavy (non-hydrogen) atoms. The van der Waals surface area contributed by atoms with Gasteiger partial charge in [0.15, 0.2) is 6.10 Å². The molecule has 1 fully saturated rings. The summed E-state index contributed by atoms with van der Waals surface area (Å²) < 4.78 is 22.2. The first-order valence-corrected chi connectivity index (χ1v) is 15.1. The molecule has 0 aromatic heterocycles. The molecule has 0 bridgehead atoms. The van der Waals surface area contributed by atoms with Crippen LogP contribution in [-0.2, 0) is 35.2 Å². The average molecular weight is 614 g/mol. The Morgan fingerprint density at radius 1 is 1.02 bits per heavy atom. The number of esters is 2. The van der Waals surface area contributed by atoms with Crippen LogP contribution < -0.4 is 10.1 Å². The highest BCUT2D eigenvalue weighted by Crippen LogP contribution is 2.32. The molecule has 0 saturated carbocycles. The quantitative estimate of drug-likeness (QED) is 0.242. The Labute approximate surface area is 265 Å². The van der Waals surface area contributed by atoms with E-state index in [4.69, 9.17) is 18.9 Å². The summed E-state index contributed by atoms with van der Waals surface area (Å²) in [5, 5.41) is 2.87. The first-order chi connectivity index (χ1) is 21.3. The van der Waals surface area contributed by atoms with Gasteiger partial charge in [-0.2, -0.15) is 0 Å². The minimum Gasteiger partial charge on any atom is -0.497 e. The second-order valence-electron chi connectivity index (χ2n) is 12.8. The number of hydrogen-bond donors (Lipinski definition) is 1. The maximum Gasteiger partial charge on any atom is 0.338 e. The predicted octanol–water partition coefficient (Wildman–Crippen LogP) is 6.64. The highest BCUT2D eigenvalue weighted by Gasteiger charge is 2.48. The Bertz CT molecular complexity index is 1540. The van der Waals surface area contributed by atoms with Crippen LogP contribution in [-0.4, -0.2) is 42.9 Å². The molecule has 0 aliphatic carbocycles. The van der Waals surface area contributed by atoms with Gasteiger partial charge < -0.3 is 24.3 Å². The van der Waals surface area contributed by atoms with Crippen molar-refractivity contribution in [2.75, 3.05) is 7.11 Å². The number of rotatable bonds is 11. The van der Waals surface area contributed by atoms with E-state index in [0.29, 0.717) is 0 Å². The third-order valence-corrected chi connectivity index (χ3v) is 7.64. The highest BCUT2D eigenvalue weighted by atomic mass is 16.8. The number of cyclic esters (lactones) is 1. The molecule has 1 saturated heterocycles. The standard InChI is InChI=1S/C37H43NO7/c1-24-21-25(19-20-29(24)27-16-12-17-28(22-27)42-7)15-11-18-30(31-34(40)45-37(5,6)44-31)33(39)38-32(36(2,3)4)35(41)43-23-26-13-9-8-10-14-26/h8-17,19-22,30-32H,18,23H2,1-7H3,(H,38,39)/b15-11+/t30-,31?,32-/m1/s1. The number of ether oxygens (including phenoxy) is 4. The van der Waals surface area contributed by atoms with Crippen LogP contribution in [0.25, 0.3) is 17.2 Å². The van der Waals surface area contributed by atoms with E-state index >= 15 is 0 Å². The Kier molecular flexibility index (Phi) is 10.5. The molecule has 8 heteroatoms. The monoisotopic (exact) mass is 613 g/mol. The maximum absolute atomic E-state index is 13.8. The third-order valence-electron chi connectivity index (χ3n) is 7.64. The second-order valence-corrected chi connectivity index (χ2v) is 12.8. The molecule has 1 aliphatic rings. The number of aryl methyl sites for hydroxylation is 1. The zero-order chi connectivity index (χ0) is 32.8. The van der Waals surface area contributed by atoms with Crippen molar-refractivity contribution in [1.82, 2.24) is 5.32 Å². The molecule has 1 amide bonds. The molecule has 1 unspecified atom stereocenters. The predicted molar refractivity (Wildman–Crippen MR) is 173 cm³/mol. The molecule has 4 rings (SSSR count). The van der Waals surface area contributed by atoms with Crippen molar-refractivity contribution in [3.63, 3.8) is 0 Å². The van der Waals surface area contributed by atoms with Gasteiger partial charge >= 0.3 is 11.9 Å². The van der Waals surface area contributed by atoms with E-state index in [-0.39, 0.29) is 13.0 Å². The van der Waals surface area contributed by atoms with Gasteiger partial charge in [0, 0.05) is 13.8 Å². The number of methoxy groups -OCH3 is 1. The lowest BCUT2D eigenvalue weighted by molar-refractivity contribution is -0.162. The number of nitrogens with one attached hydrogen (secondary N) is 1. The number of benzene rings is 3. The Balaban J connectivity index is 1.52. The van der Waals surface area contributed by atoms with Crippen molar-refractivity contribution < 1.29 is 33.3 Å². The SMILES string of the molecule is COc1cccc(-c2ccc(/C=C/C[C@@H](C(=O)N[C@H](C(=O)OCc3ccccc3)C(C)(C)C)C3OC(C)(C)OC3=O)cc2C)c1. The molecular weight excluding hydrogens is 570 g/mol. The maximum atomic E-state index is 13.8. The lowest BCUT2D eigenvalue weighted by atomic mass is 9.85. The zero-order valence-corrected chi connectivity index (χ0v) is 27.1. The van der Waals surface area contributed by atoms with Gasteiger partial charge in [-0.1, -0.05) is 93.6 Å². The smallest absolute Gasteiger partial charge is 0.338 e. The zero-order valence-electron chi connectivity index (χ0n) is 27.1.